The number of anilines is 1. The fourth-order valence-electron chi connectivity index (χ4n) is 0.971. The van der Waals surface area contributed by atoms with Crippen LogP contribution in [-0.4, -0.2) is 30.0 Å². The van der Waals surface area contributed by atoms with Crippen LogP contribution in [0, 0.1) is 0 Å². The van der Waals surface area contributed by atoms with Gasteiger partial charge in [-0.15, -0.1) is 0 Å². The van der Waals surface area contributed by atoms with E-state index in [1.807, 2.05) is 5.32 Å². The summed E-state index contributed by atoms with van der Waals surface area (Å²) in [6, 6.07) is 4.89. The maximum absolute atomic E-state index is 10.9. The van der Waals surface area contributed by atoms with Crippen molar-refractivity contribution < 1.29 is 27.7 Å². The van der Waals surface area contributed by atoms with Crippen LogP contribution in [0.4, 0.5) is 5.69 Å². The Hall–Kier alpha value is -1.93. The molecule has 1 aromatic carbocycles. The van der Waals surface area contributed by atoms with E-state index in [-0.39, 0.29) is 5.69 Å². The van der Waals surface area contributed by atoms with Gasteiger partial charge in [0, 0.05) is 0 Å². The number of benzene rings is 1. The highest BCUT2D eigenvalue weighted by Crippen LogP contribution is 2.19. The molecule has 0 saturated carbocycles. The van der Waals surface area contributed by atoms with Gasteiger partial charge in [0.2, 0.25) is 0 Å². The summed E-state index contributed by atoms with van der Waals surface area (Å²) in [4.78, 5) is 20.5. The van der Waals surface area contributed by atoms with Gasteiger partial charge in [0.25, 0.3) is 10.1 Å². The summed E-state index contributed by atoms with van der Waals surface area (Å²) < 4.78 is 30.5. The molecule has 0 atom stereocenters. The molecule has 7 nitrogen and oxygen atoms in total. The van der Waals surface area contributed by atoms with Crippen molar-refractivity contribution in [1.82, 2.24) is 0 Å². The zero-order chi connectivity index (χ0) is 12.3. The van der Waals surface area contributed by atoms with Gasteiger partial charge in [0.15, 0.2) is 0 Å². The first-order valence-corrected chi connectivity index (χ1v) is 5.37. The Balaban J connectivity index is 3.16. The highest BCUT2D eigenvalue weighted by atomic mass is 32.2. The van der Waals surface area contributed by atoms with Crippen LogP contribution in [0.3, 0.4) is 0 Å². The molecule has 1 aromatic rings. The van der Waals surface area contributed by atoms with Crippen molar-refractivity contribution in [2.24, 2.45) is 0 Å². The third-order valence-corrected chi connectivity index (χ3v) is 2.52. The van der Waals surface area contributed by atoms with Crippen molar-refractivity contribution in [2.75, 3.05) is 5.32 Å². The summed E-state index contributed by atoms with van der Waals surface area (Å²) in [5.41, 5.74) is -0.294. The highest BCUT2D eigenvalue weighted by Gasteiger charge is 2.18. The lowest BCUT2D eigenvalue weighted by Crippen LogP contribution is -2.23. The smallest absolute Gasteiger partial charge is 0.394 e. The fraction of sp³-hybridized carbons (Fsp3) is 0. The van der Waals surface area contributed by atoms with Crippen molar-refractivity contribution >= 4 is 27.7 Å². The second-order valence-electron chi connectivity index (χ2n) is 2.73. The predicted molar refractivity (Wildman–Crippen MR) is 52.5 cm³/mol. The second kappa shape index (κ2) is 4.29. The van der Waals surface area contributed by atoms with Gasteiger partial charge in [-0.3, -0.25) is 9.35 Å². The van der Waals surface area contributed by atoms with Crippen molar-refractivity contribution in [3.05, 3.63) is 24.3 Å². The van der Waals surface area contributed by atoms with Crippen LogP contribution in [-0.2, 0) is 19.7 Å². The van der Waals surface area contributed by atoms with E-state index in [1.54, 1.807) is 0 Å². The molecule has 0 aliphatic heterocycles. The molecule has 16 heavy (non-hydrogen) atoms. The van der Waals surface area contributed by atoms with Gasteiger partial charge in [-0.2, -0.15) is 8.42 Å². The molecule has 0 spiro atoms. The lowest BCUT2D eigenvalue weighted by atomic mass is 10.3. The van der Waals surface area contributed by atoms with Crippen LogP contribution in [0.2, 0.25) is 0 Å². The van der Waals surface area contributed by atoms with Crippen molar-refractivity contribution in [3.8, 4) is 0 Å². The van der Waals surface area contributed by atoms with Crippen LogP contribution in [0.1, 0.15) is 0 Å². The number of para-hydroxylation sites is 1. The van der Waals surface area contributed by atoms with E-state index in [0.29, 0.717) is 0 Å². The van der Waals surface area contributed by atoms with E-state index in [1.165, 1.54) is 12.1 Å². The normalized spacial score (nSPS) is 10.8. The lowest BCUT2D eigenvalue weighted by Gasteiger charge is -2.06. The molecular weight excluding hydrogens is 238 g/mol. The van der Waals surface area contributed by atoms with Crippen LogP contribution in [0.25, 0.3) is 0 Å². The third-order valence-electron chi connectivity index (χ3n) is 1.61. The Morgan fingerprint density at radius 3 is 2.25 bits per heavy atom. The van der Waals surface area contributed by atoms with Gasteiger partial charge in [-0.1, -0.05) is 12.1 Å². The molecule has 0 fully saturated rings. The average Bonchev–Trinajstić information content (AvgIpc) is 2.16. The Morgan fingerprint density at radius 2 is 1.75 bits per heavy atom. The fourth-order valence-corrected chi connectivity index (χ4v) is 1.62. The van der Waals surface area contributed by atoms with Gasteiger partial charge in [-0.05, 0) is 12.1 Å². The van der Waals surface area contributed by atoms with Crippen molar-refractivity contribution in [3.63, 3.8) is 0 Å². The molecule has 8 heteroatoms. The molecule has 3 N–H and O–H groups in total. The highest BCUT2D eigenvalue weighted by molar-refractivity contribution is 7.86. The zero-order valence-corrected chi connectivity index (χ0v) is 8.56. The van der Waals surface area contributed by atoms with E-state index >= 15 is 0 Å². The zero-order valence-electron chi connectivity index (χ0n) is 7.75. The van der Waals surface area contributed by atoms with Crippen molar-refractivity contribution in [1.29, 1.82) is 0 Å². The summed E-state index contributed by atoms with van der Waals surface area (Å²) in [6.07, 6.45) is 0. The molecular formula is C8H7NO6S. The number of nitrogens with one attached hydrogen (secondary N) is 1. The summed E-state index contributed by atoms with van der Waals surface area (Å²) >= 11 is 0. The largest absolute Gasteiger partial charge is 0.474 e. The van der Waals surface area contributed by atoms with Gasteiger partial charge < -0.3 is 10.4 Å². The van der Waals surface area contributed by atoms with Crippen molar-refractivity contribution in [2.45, 2.75) is 4.90 Å². The molecule has 0 aliphatic carbocycles. The number of carboxylic acid groups (broad SMARTS) is 1. The van der Waals surface area contributed by atoms with Crippen LogP contribution in [0.15, 0.2) is 29.2 Å². The summed E-state index contributed by atoms with van der Waals surface area (Å²) in [6.45, 7) is 0. The van der Waals surface area contributed by atoms with E-state index in [9.17, 15) is 18.0 Å². The maximum Gasteiger partial charge on any atom is 0.394 e. The Labute approximate surface area is 90.5 Å². The number of aliphatic carboxylic acids is 1. The first-order valence-electron chi connectivity index (χ1n) is 3.93. The third kappa shape index (κ3) is 2.78. The number of hydrogen-bond donors (Lipinski definition) is 3. The first kappa shape index (κ1) is 12.1. The minimum atomic E-state index is -4.51. The van der Waals surface area contributed by atoms with E-state index < -0.39 is 26.9 Å². The van der Waals surface area contributed by atoms with Crippen LogP contribution < -0.4 is 5.32 Å². The SMILES string of the molecule is O=C(O)C(=O)Nc1ccccc1S(=O)(=O)O. The van der Waals surface area contributed by atoms with E-state index in [2.05, 4.69) is 0 Å². The molecule has 0 aliphatic rings. The minimum absolute atomic E-state index is 0.294. The second-order valence-corrected chi connectivity index (χ2v) is 4.12. The Morgan fingerprint density at radius 1 is 1.19 bits per heavy atom. The number of rotatable bonds is 2. The predicted octanol–water partition coefficient (Wildman–Crippen LogP) is -0.0436. The first-order chi connectivity index (χ1) is 7.32. The molecule has 1 amide bonds. The van der Waals surface area contributed by atoms with Gasteiger partial charge in [-0.25, -0.2) is 4.79 Å². The molecule has 0 saturated heterocycles. The number of carbonyl (C=O) groups is 2. The number of hydrogen-bond acceptors (Lipinski definition) is 4. The monoisotopic (exact) mass is 245 g/mol. The molecule has 0 heterocycles. The summed E-state index contributed by atoms with van der Waals surface area (Å²) in [5, 5.41) is 10.2. The van der Waals surface area contributed by atoms with E-state index in [0.717, 1.165) is 12.1 Å². The minimum Gasteiger partial charge on any atom is -0.474 e. The molecule has 86 valence electrons. The molecule has 0 unspecified atom stereocenters. The van der Waals surface area contributed by atoms with Gasteiger partial charge >= 0.3 is 11.9 Å². The Bertz CT molecular complexity index is 535. The molecule has 1 rings (SSSR count). The quantitative estimate of drug-likeness (QED) is 0.496. The molecule has 0 bridgehead atoms. The van der Waals surface area contributed by atoms with Crippen LogP contribution in [0.5, 0.6) is 0 Å². The molecule has 0 aromatic heterocycles. The standard InChI is InChI=1S/C8H7NO6S/c10-7(8(11)12)9-5-3-1-2-4-6(5)16(13,14)15/h1-4H,(H,9,10)(H,11,12)(H,13,14,15). The number of carbonyl (C=O) groups excluding carboxylic acids is 1. The Kier molecular flexibility index (Phi) is 3.25. The molecule has 0 radical (unpaired) electrons. The van der Waals surface area contributed by atoms with Gasteiger partial charge in [0.1, 0.15) is 4.90 Å². The maximum atomic E-state index is 10.9. The average molecular weight is 245 g/mol. The topological polar surface area (TPSA) is 121 Å². The number of carboxylic acids is 1. The number of amides is 1. The van der Waals surface area contributed by atoms with Crippen LogP contribution >= 0.6 is 0 Å². The lowest BCUT2D eigenvalue weighted by molar-refractivity contribution is -0.147. The van der Waals surface area contributed by atoms with E-state index in [4.69, 9.17) is 9.66 Å². The van der Waals surface area contributed by atoms with Gasteiger partial charge in [0.05, 0.1) is 5.69 Å². The summed E-state index contributed by atoms with van der Waals surface area (Å²) in [5.74, 6) is -3.15. The summed E-state index contributed by atoms with van der Waals surface area (Å²) in [7, 11) is -4.51.